The standard InChI is InChI=1S/C13H11BrN2O2/c14-11-7-4-8-15-12(11)13(17)16-18-9-10-5-2-1-3-6-10/h1-8H,9H2,(H,16,17). The first-order chi connectivity index (χ1) is 8.77. The molecule has 0 unspecified atom stereocenters. The molecule has 0 aliphatic heterocycles. The SMILES string of the molecule is O=C(NOCc1ccccc1)c1ncccc1Br. The first kappa shape index (κ1) is 12.7. The van der Waals surface area contributed by atoms with Crippen molar-refractivity contribution in [2.45, 2.75) is 6.61 Å². The number of halogens is 1. The molecule has 0 saturated heterocycles. The van der Waals surface area contributed by atoms with Crippen LogP contribution in [0.25, 0.3) is 0 Å². The number of pyridine rings is 1. The van der Waals surface area contributed by atoms with Crippen LogP contribution in [0.5, 0.6) is 0 Å². The quantitative estimate of drug-likeness (QED) is 0.884. The summed E-state index contributed by atoms with van der Waals surface area (Å²) in [6, 6.07) is 13.1. The molecule has 4 nitrogen and oxygen atoms in total. The van der Waals surface area contributed by atoms with Gasteiger partial charge in [0.05, 0.1) is 6.61 Å². The molecule has 0 saturated carbocycles. The molecule has 5 heteroatoms. The summed E-state index contributed by atoms with van der Waals surface area (Å²) < 4.78 is 0.630. The van der Waals surface area contributed by atoms with Gasteiger partial charge >= 0.3 is 0 Å². The summed E-state index contributed by atoms with van der Waals surface area (Å²) in [5.41, 5.74) is 3.64. The number of carbonyl (C=O) groups is 1. The molecule has 0 aliphatic carbocycles. The van der Waals surface area contributed by atoms with Gasteiger partial charge in [0.1, 0.15) is 5.69 Å². The maximum atomic E-state index is 11.7. The lowest BCUT2D eigenvalue weighted by atomic mass is 10.2. The summed E-state index contributed by atoms with van der Waals surface area (Å²) >= 11 is 3.25. The minimum atomic E-state index is -0.376. The molecule has 1 aromatic heterocycles. The molecule has 18 heavy (non-hydrogen) atoms. The van der Waals surface area contributed by atoms with E-state index < -0.39 is 0 Å². The Labute approximate surface area is 113 Å². The van der Waals surface area contributed by atoms with E-state index in [4.69, 9.17) is 4.84 Å². The number of amides is 1. The van der Waals surface area contributed by atoms with Crippen molar-refractivity contribution < 1.29 is 9.63 Å². The van der Waals surface area contributed by atoms with Crippen LogP contribution in [0.15, 0.2) is 53.1 Å². The van der Waals surface area contributed by atoms with Crippen molar-refractivity contribution >= 4 is 21.8 Å². The average molecular weight is 307 g/mol. The third kappa shape index (κ3) is 3.38. The second-order valence-electron chi connectivity index (χ2n) is 3.54. The number of hydrogen-bond acceptors (Lipinski definition) is 3. The first-order valence-corrected chi connectivity index (χ1v) is 6.13. The first-order valence-electron chi connectivity index (χ1n) is 5.34. The zero-order valence-electron chi connectivity index (χ0n) is 9.47. The molecular formula is C13H11BrN2O2. The minimum absolute atomic E-state index is 0.297. The Morgan fingerprint density at radius 2 is 2.00 bits per heavy atom. The lowest BCUT2D eigenvalue weighted by Gasteiger charge is -2.06. The van der Waals surface area contributed by atoms with Crippen LogP contribution in [0.3, 0.4) is 0 Å². The fourth-order valence-electron chi connectivity index (χ4n) is 1.36. The Hall–Kier alpha value is -1.72. The van der Waals surface area contributed by atoms with Crippen molar-refractivity contribution in [3.05, 3.63) is 64.4 Å². The van der Waals surface area contributed by atoms with Gasteiger partial charge in [0.2, 0.25) is 0 Å². The normalized spacial score (nSPS) is 10.1. The predicted octanol–water partition coefficient (Wildman–Crippen LogP) is 2.71. The highest BCUT2D eigenvalue weighted by Gasteiger charge is 2.10. The Balaban J connectivity index is 1.88. The van der Waals surface area contributed by atoms with Gasteiger partial charge in [0, 0.05) is 10.7 Å². The third-order valence-corrected chi connectivity index (χ3v) is 2.86. The minimum Gasteiger partial charge on any atom is -0.269 e. The van der Waals surface area contributed by atoms with Crippen molar-refractivity contribution in [3.63, 3.8) is 0 Å². The maximum Gasteiger partial charge on any atom is 0.294 e. The molecule has 0 atom stereocenters. The number of benzene rings is 1. The van der Waals surface area contributed by atoms with Crippen molar-refractivity contribution in [1.82, 2.24) is 10.5 Å². The molecular weight excluding hydrogens is 296 g/mol. The summed E-state index contributed by atoms with van der Waals surface area (Å²) in [7, 11) is 0. The molecule has 2 aromatic rings. The van der Waals surface area contributed by atoms with E-state index >= 15 is 0 Å². The van der Waals surface area contributed by atoms with Crippen LogP contribution in [-0.2, 0) is 11.4 Å². The topological polar surface area (TPSA) is 51.2 Å². The van der Waals surface area contributed by atoms with Gasteiger partial charge < -0.3 is 0 Å². The van der Waals surface area contributed by atoms with Gasteiger partial charge in [0.25, 0.3) is 5.91 Å². The monoisotopic (exact) mass is 306 g/mol. The fourth-order valence-corrected chi connectivity index (χ4v) is 1.80. The van der Waals surface area contributed by atoms with Crippen LogP contribution in [0.2, 0.25) is 0 Å². The molecule has 2 rings (SSSR count). The number of nitrogens with zero attached hydrogens (tertiary/aromatic N) is 1. The summed E-state index contributed by atoms with van der Waals surface area (Å²) in [6.45, 7) is 0.317. The van der Waals surface area contributed by atoms with E-state index in [1.54, 1.807) is 18.3 Å². The van der Waals surface area contributed by atoms with E-state index in [0.717, 1.165) is 5.56 Å². The number of carbonyl (C=O) groups excluding carboxylic acids is 1. The molecule has 0 bridgehead atoms. The Bertz CT molecular complexity index is 532. The van der Waals surface area contributed by atoms with Crippen LogP contribution in [0, 0.1) is 0 Å². The summed E-state index contributed by atoms with van der Waals surface area (Å²) in [6.07, 6.45) is 1.55. The lowest BCUT2D eigenvalue weighted by Crippen LogP contribution is -2.24. The van der Waals surface area contributed by atoms with E-state index in [9.17, 15) is 4.79 Å². The molecule has 0 aliphatic rings. The smallest absolute Gasteiger partial charge is 0.269 e. The Morgan fingerprint density at radius 3 is 2.72 bits per heavy atom. The zero-order chi connectivity index (χ0) is 12.8. The van der Waals surface area contributed by atoms with Gasteiger partial charge in [-0.3, -0.25) is 9.63 Å². The number of aromatic nitrogens is 1. The summed E-state index contributed by atoms with van der Waals surface area (Å²) in [5, 5.41) is 0. The third-order valence-electron chi connectivity index (χ3n) is 2.22. The fraction of sp³-hybridized carbons (Fsp3) is 0.0769. The van der Waals surface area contributed by atoms with Crippen LogP contribution in [0.1, 0.15) is 16.1 Å². The molecule has 0 spiro atoms. The molecule has 0 fully saturated rings. The Morgan fingerprint density at radius 1 is 1.22 bits per heavy atom. The Kier molecular flexibility index (Phi) is 4.44. The van der Waals surface area contributed by atoms with Gasteiger partial charge in [-0.15, -0.1) is 0 Å². The van der Waals surface area contributed by atoms with Crippen LogP contribution in [-0.4, -0.2) is 10.9 Å². The number of hydroxylamine groups is 1. The second kappa shape index (κ2) is 6.28. The highest BCUT2D eigenvalue weighted by atomic mass is 79.9. The molecule has 1 heterocycles. The highest BCUT2D eigenvalue weighted by molar-refractivity contribution is 9.10. The number of hydrogen-bond donors (Lipinski definition) is 1. The van der Waals surface area contributed by atoms with Gasteiger partial charge in [-0.2, -0.15) is 0 Å². The van der Waals surface area contributed by atoms with Gasteiger partial charge in [-0.25, -0.2) is 10.5 Å². The van der Waals surface area contributed by atoms with Crippen LogP contribution >= 0.6 is 15.9 Å². The molecule has 1 amide bonds. The van der Waals surface area contributed by atoms with Gasteiger partial charge in [0.15, 0.2) is 0 Å². The second-order valence-corrected chi connectivity index (χ2v) is 4.39. The van der Waals surface area contributed by atoms with E-state index in [1.165, 1.54) is 0 Å². The van der Waals surface area contributed by atoms with Crippen molar-refractivity contribution in [1.29, 1.82) is 0 Å². The lowest BCUT2D eigenvalue weighted by molar-refractivity contribution is 0.0228. The predicted molar refractivity (Wildman–Crippen MR) is 70.6 cm³/mol. The van der Waals surface area contributed by atoms with Crippen molar-refractivity contribution in [2.75, 3.05) is 0 Å². The van der Waals surface area contributed by atoms with E-state index in [0.29, 0.717) is 16.8 Å². The number of rotatable bonds is 4. The molecule has 1 aromatic carbocycles. The van der Waals surface area contributed by atoms with E-state index in [1.807, 2.05) is 30.3 Å². The molecule has 0 radical (unpaired) electrons. The highest BCUT2D eigenvalue weighted by Crippen LogP contribution is 2.12. The van der Waals surface area contributed by atoms with Crippen LogP contribution in [0.4, 0.5) is 0 Å². The maximum absolute atomic E-state index is 11.7. The molecule has 1 N–H and O–H groups in total. The zero-order valence-corrected chi connectivity index (χ0v) is 11.1. The van der Waals surface area contributed by atoms with Gasteiger partial charge in [-0.1, -0.05) is 30.3 Å². The van der Waals surface area contributed by atoms with Crippen molar-refractivity contribution in [2.24, 2.45) is 0 Å². The van der Waals surface area contributed by atoms with Crippen molar-refractivity contribution in [3.8, 4) is 0 Å². The summed E-state index contributed by atoms with van der Waals surface area (Å²) in [5.74, 6) is -0.376. The largest absolute Gasteiger partial charge is 0.294 e. The number of nitrogens with one attached hydrogen (secondary N) is 1. The summed E-state index contributed by atoms with van der Waals surface area (Å²) in [4.78, 5) is 20.8. The van der Waals surface area contributed by atoms with Gasteiger partial charge in [-0.05, 0) is 33.6 Å². The van der Waals surface area contributed by atoms with E-state index in [2.05, 4.69) is 26.4 Å². The van der Waals surface area contributed by atoms with E-state index in [-0.39, 0.29) is 5.91 Å². The average Bonchev–Trinajstić information content (AvgIpc) is 2.40. The molecule has 92 valence electrons. The van der Waals surface area contributed by atoms with Crippen LogP contribution < -0.4 is 5.48 Å².